The molecule has 1 aromatic carbocycles. The first kappa shape index (κ1) is 17.2. The minimum atomic E-state index is -3.21. The standard InChI is InChI=1S/C17H24N2O4S/c1-3-8-24(21,22)19-11-14-10-18(17(20)16(14)12-19)9-13-4-6-15(23-2)7-5-13/h4-7,14,16H,3,8-12H2,1-2H3/t14-,16+/m0/s1. The van der Waals surface area contributed by atoms with E-state index in [-0.39, 0.29) is 23.5 Å². The van der Waals surface area contributed by atoms with Gasteiger partial charge in [-0.25, -0.2) is 12.7 Å². The first-order chi connectivity index (χ1) is 11.4. The van der Waals surface area contributed by atoms with Gasteiger partial charge in [0.25, 0.3) is 0 Å². The van der Waals surface area contributed by atoms with Crippen LogP contribution in [0.4, 0.5) is 0 Å². The molecule has 1 aromatic rings. The summed E-state index contributed by atoms with van der Waals surface area (Å²) in [5.74, 6) is 0.957. The number of hydrogen-bond donors (Lipinski definition) is 0. The molecule has 0 bridgehead atoms. The lowest BCUT2D eigenvalue weighted by molar-refractivity contribution is -0.131. The number of fused-ring (bicyclic) bond motifs is 1. The maximum Gasteiger partial charge on any atom is 0.227 e. The van der Waals surface area contributed by atoms with Gasteiger partial charge in [-0.3, -0.25) is 4.79 Å². The van der Waals surface area contributed by atoms with Crippen molar-refractivity contribution in [3.63, 3.8) is 0 Å². The van der Waals surface area contributed by atoms with Gasteiger partial charge in [-0.05, 0) is 24.1 Å². The molecule has 2 atom stereocenters. The predicted octanol–water partition coefficient (Wildman–Crippen LogP) is 1.33. The van der Waals surface area contributed by atoms with E-state index < -0.39 is 10.0 Å². The Morgan fingerprint density at radius 3 is 2.46 bits per heavy atom. The number of carbonyl (C=O) groups is 1. The fourth-order valence-corrected chi connectivity index (χ4v) is 5.19. The summed E-state index contributed by atoms with van der Waals surface area (Å²) in [6.07, 6.45) is 0.603. The number of benzene rings is 1. The number of carbonyl (C=O) groups excluding carboxylic acids is 1. The summed E-state index contributed by atoms with van der Waals surface area (Å²) < 4.78 is 31.0. The van der Waals surface area contributed by atoms with Crippen molar-refractivity contribution in [1.82, 2.24) is 9.21 Å². The van der Waals surface area contributed by atoms with Crippen LogP contribution in [0.1, 0.15) is 18.9 Å². The van der Waals surface area contributed by atoms with Gasteiger partial charge in [0.2, 0.25) is 15.9 Å². The molecule has 0 spiro atoms. The van der Waals surface area contributed by atoms with Crippen LogP contribution in [-0.4, -0.2) is 56.0 Å². The first-order valence-corrected chi connectivity index (χ1v) is 9.95. The molecule has 0 aromatic heterocycles. The molecule has 0 unspecified atom stereocenters. The Morgan fingerprint density at radius 2 is 1.88 bits per heavy atom. The molecule has 6 nitrogen and oxygen atoms in total. The fraction of sp³-hybridized carbons (Fsp3) is 0.588. The van der Waals surface area contributed by atoms with E-state index in [0.29, 0.717) is 32.6 Å². The normalized spacial score (nSPS) is 24.4. The zero-order valence-corrected chi connectivity index (χ0v) is 15.0. The Balaban J connectivity index is 1.63. The number of amides is 1. The molecule has 0 saturated carbocycles. The fourth-order valence-electron chi connectivity index (χ4n) is 3.61. The molecule has 2 saturated heterocycles. The van der Waals surface area contributed by atoms with E-state index in [1.807, 2.05) is 36.1 Å². The molecular formula is C17H24N2O4S. The van der Waals surface area contributed by atoms with E-state index >= 15 is 0 Å². The van der Waals surface area contributed by atoms with Crippen LogP contribution in [0.3, 0.4) is 0 Å². The minimum Gasteiger partial charge on any atom is -0.497 e. The lowest BCUT2D eigenvalue weighted by Gasteiger charge is -2.21. The largest absolute Gasteiger partial charge is 0.497 e. The number of sulfonamides is 1. The van der Waals surface area contributed by atoms with E-state index in [1.165, 1.54) is 4.31 Å². The van der Waals surface area contributed by atoms with Gasteiger partial charge in [0.1, 0.15) is 5.75 Å². The molecule has 24 heavy (non-hydrogen) atoms. The highest BCUT2D eigenvalue weighted by atomic mass is 32.2. The highest BCUT2D eigenvalue weighted by Gasteiger charge is 2.48. The average molecular weight is 352 g/mol. The van der Waals surface area contributed by atoms with Gasteiger partial charge in [-0.2, -0.15) is 0 Å². The molecule has 2 heterocycles. The summed E-state index contributed by atoms with van der Waals surface area (Å²) in [7, 11) is -1.59. The molecule has 3 rings (SSSR count). The maximum absolute atomic E-state index is 12.6. The van der Waals surface area contributed by atoms with E-state index in [4.69, 9.17) is 4.74 Å². The number of methoxy groups -OCH3 is 1. The third-order valence-corrected chi connectivity index (χ3v) is 6.89. The topological polar surface area (TPSA) is 66.9 Å². The second kappa shape index (κ2) is 6.72. The van der Waals surface area contributed by atoms with Gasteiger partial charge >= 0.3 is 0 Å². The Labute approximate surface area is 143 Å². The Morgan fingerprint density at radius 1 is 1.17 bits per heavy atom. The summed E-state index contributed by atoms with van der Waals surface area (Å²) in [6.45, 7) is 3.87. The summed E-state index contributed by atoms with van der Waals surface area (Å²) in [5, 5.41) is 0. The van der Waals surface area contributed by atoms with Crippen LogP contribution in [0.15, 0.2) is 24.3 Å². The van der Waals surface area contributed by atoms with E-state index in [1.54, 1.807) is 7.11 Å². The lowest BCUT2D eigenvalue weighted by atomic mass is 10.0. The number of ether oxygens (including phenoxy) is 1. The number of rotatable bonds is 6. The summed E-state index contributed by atoms with van der Waals surface area (Å²) in [6, 6.07) is 7.68. The van der Waals surface area contributed by atoms with Crippen molar-refractivity contribution in [2.75, 3.05) is 32.5 Å². The van der Waals surface area contributed by atoms with Crippen molar-refractivity contribution >= 4 is 15.9 Å². The van der Waals surface area contributed by atoms with Crippen LogP contribution in [0.5, 0.6) is 5.75 Å². The molecule has 132 valence electrons. The van der Waals surface area contributed by atoms with Gasteiger partial charge in [0.15, 0.2) is 0 Å². The minimum absolute atomic E-state index is 0.0741. The molecule has 0 N–H and O–H groups in total. The highest BCUT2D eigenvalue weighted by Crippen LogP contribution is 2.34. The maximum atomic E-state index is 12.6. The van der Waals surface area contributed by atoms with Gasteiger partial charge in [0.05, 0.1) is 18.8 Å². The molecule has 2 aliphatic heterocycles. The summed E-state index contributed by atoms with van der Waals surface area (Å²) in [5.41, 5.74) is 1.06. The monoisotopic (exact) mass is 352 g/mol. The zero-order chi connectivity index (χ0) is 17.3. The quantitative estimate of drug-likeness (QED) is 0.775. The lowest BCUT2D eigenvalue weighted by Crippen LogP contribution is -2.36. The second-order valence-corrected chi connectivity index (χ2v) is 8.65. The predicted molar refractivity (Wildman–Crippen MR) is 91.0 cm³/mol. The SMILES string of the molecule is CCCS(=O)(=O)N1C[C@@H]2CN(Cc3ccc(OC)cc3)C(=O)[C@@H]2C1. The van der Waals surface area contributed by atoms with E-state index in [0.717, 1.165) is 11.3 Å². The van der Waals surface area contributed by atoms with Crippen LogP contribution in [0.25, 0.3) is 0 Å². The molecule has 0 radical (unpaired) electrons. The summed E-state index contributed by atoms with van der Waals surface area (Å²) >= 11 is 0. The molecule has 2 aliphatic rings. The first-order valence-electron chi connectivity index (χ1n) is 8.34. The van der Waals surface area contributed by atoms with Crippen molar-refractivity contribution in [3.05, 3.63) is 29.8 Å². The van der Waals surface area contributed by atoms with Gasteiger partial charge < -0.3 is 9.64 Å². The molecule has 2 fully saturated rings. The molecule has 0 aliphatic carbocycles. The average Bonchev–Trinajstić information content (AvgIpc) is 3.09. The summed E-state index contributed by atoms with van der Waals surface area (Å²) in [4.78, 5) is 14.5. The van der Waals surface area contributed by atoms with Gasteiger partial charge in [-0.1, -0.05) is 19.1 Å². The van der Waals surface area contributed by atoms with Crippen LogP contribution in [0.2, 0.25) is 0 Å². The van der Waals surface area contributed by atoms with Crippen LogP contribution in [-0.2, 0) is 21.4 Å². The van der Waals surface area contributed by atoms with Crippen molar-refractivity contribution in [3.8, 4) is 5.75 Å². The van der Waals surface area contributed by atoms with Crippen LogP contribution >= 0.6 is 0 Å². The number of hydrogen-bond acceptors (Lipinski definition) is 4. The van der Waals surface area contributed by atoms with Gasteiger partial charge in [-0.15, -0.1) is 0 Å². The van der Waals surface area contributed by atoms with Gasteiger partial charge in [0, 0.05) is 32.1 Å². The van der Waals surface area contributed by atoms with Crippen molar-refractivity contribution in [2.24, 2.45) is 11.8 Å². The van der Waals surface area contributed by atoms with E-state index in [9.17, 15) is 13.2 Å². The second-order valence-electron chi connectivity index (χ2n) is 6.57. The van der Waals surface area contributed by atoms with Crippen molar-refractivity contribution < 1.29 is 17.9 Å². The van der Waals surface area contributed by atoms with Crippen molar-refractivity contribution in [1.29, 1.82) is 0 Å². The van der Waals surface area contributed by atoms with Crippen molar-refractivity contribution in [2.45, 2.75) is 19.9 Å². The molecule has 1 amide bonds. The molecule has 7 heteroatoms. The Kier molecular flexibility index (Phi) is 4.83. The Hall–Kier alpha value is -1.60. The smallest absolute Gasteiger partial charge is 0.227 e. The van der Waals surface area contributed by atoms with E-state index in [2.05, 4.69) is 0 Å². The van der Waals surface area contributed by atoms with Crippen LogP contribution < -0.4 is 4.74 Å². The highest BCUT2D eigenvalue weighted by molar-refractivity contribution is 7.89. The number of likely N-dealkylation sites (tertiary alicyclic amines) is 1. The Bertz CT molecular complexity index is 702. The zero-order valence-electron chi connectivity index (χ0n) is 14.1. The third kappa shape index (κ3) is 3.28. The third-order valence-electron chi connectivity index (χ3n) is 4.88. The molecular weight excluding hydrogens is 328 g/mol. The van der Waals surface area contributed by atoms with Crippen LogP contribution in [0, 0.1) is 11.8 Å². The number of nitrogens with zero attached hydrogens (tertiary/aromatic N) is 2.